The number of ether oxygens (including phenoxy) is 1. The molecule has 0 aliphatic rings. The van der Waals surface area contributed by atoms with Gasteiger partial charge in [0, 0.05) is 13.2 Å². The van der Waals surface area contributed by atoms with Gasteiger partial charge in [-0.15, -0.1) is 0 Å². The molecule has 0 aliphatic carbocycles. The molecule has 0 rings (SSSR count). The Kier molecular flexibility index (Phi) is 9.10. The lowest BCUT2D eigenvalue weighted by molar-refractivity contribution is -0.140. The number of hydrogen-bond donors (Lipinski definition) is 4. The van der Waals surface area contributed by atoms with Crippen molar-refractivity contribution in [3.05, 3.63) is 0 Å². The molecule has 0 spiro atoms. The van der Waals surface area contributed by atoms with Crippen LogP contribution in [-0.4, -0.2) is 48.3 Å². The maximum absolute atomic E-state index is 11.4. The van der Waals surface area contributed by atoms with Crippen molar-refractivity contribution in [1.82, 2.24) is 10.6 Å². The summed E-state index contributed by atoms with van der Waals surface area (Å²) in [4.78, 5) is 32.9. The van der Waals surface area contributed by atoms with Crippen LogP contribution >= 0.6 is 0 Å². The number of urea groups is 1. The first-order valence-corrected chi connectivity index (χ1v) is 6.50. The van der Waals surface area contributed by atoms with Crippen LogP contribution in [0.3, 0.4) is 0 Å². The Morgan fingerprint density at radius 1 is 1.25 bits per heavy atom. The first-order chi connectivity index (χ1) is 9.32. The van der Waals surface area contributed by atoms with E-state index in [1.807, 2.05) is 13.8 Å². The van der Waals surface area contributed by atoms with Gasteiger partial charge in [0.25, 0.3) is 0 Å². The molecule has 1 atom stereocenters. The van der Waals surface area contributed by atoms with Crippen molar-refractivity contribution < 1.29 is 24.2 Å². The van der Waals surface area contributed by atoms with Crippen LogP contribution in [0.15, 0.2) is 0 Å². The second-order valence-corrected chi connectivity index (χ2v) is 4.59. The van der Waals surface area contributed by atoms with E-state index in [0.717, 1.165) is 6.42 Å². The van der Waals surface area contributed by atoms with Crippen molar-refractivity contribution >= 4 is 17.9 Å². The summed E-state index contributed by atoms with van der Waals surface area (Å²) < 4.78 is 5.33. The second-order valence-electron chi connectivity index (χ2n) is 4.59. The first-order valence-electron chi connectivity index (χ1n) is 6.50. The fraction of sp³-hybridized carbons (Fsp3) is 0.750. The molecule has 0 aromatic carbocycles. The van der Waals surface area contributed by atoms with Gasteiger partial charge in [0.05, 0.1) is 12.5 Å². The van der Waals surface area contributed by atoms with Crippen molar-refractivity contribution in [3.8, 4) is 0 Å². The number of aliphatic carboxylic acids is 1. The molecule has 0 bridgehead atoms. The third kappa shape index (κ3) is 10.1. The molecule has 1 unspecified atom stereocenters. The monoisotopic (exact) mass is 289 g/mol. The zero-order chi connectivity index (χ0) is 15.5. The quantitative estimate of drug-likeness (QED) is 0.414. The summed E-state index contributed by atoms with van der Waals surface area (Å²) in [5.74, 6) is -2.09. The number of hydrogen-bond acceptors (Lipinski definition) is 4. The van der Waals surface area contributed by atoms with E-state index in [4.69, 9.17) is 15.6 Å². The van der Waals surface area contributed by atoms with Gasteiger partial charge in [-0.2, -0.15) is 0 Å². The highest BCUT2D eigenvalue weighted by molar-refractivity contribution is 5.87. The van der Waals surface area contributed by atoms with Crippen molar-refractivity contribution in [2.75, 3.05) is 13.2 Å². The zero-order valence-corrected chi connectivity index (χ0v) is 11.8. The summed E-state index contributed by atoms with van der Waals surface area (Å²) in [6, 6.07) is -1.94. The lowest BCUT2D eigenvalue weighted by Gasteiger charge is -2.13. The standard InChI is InChI=1S/C12H23N3O5/c1-8(2)20-6-4-3-5-14-12(19)15-9(11(17)18)7-10(13)16/h8-9H,3-7H2,1-2H3,(H2,13,16)(H,17,18)(H2,14,15,19). The third-order valence-corrected chi connectivity index (χ3v) is 2.32. The number of nitrogens with one attached hydrogen (secondary N) is 2. The molecular weight excluding hydrogens is 266 g/mol. The minimum atomic E-state index is -1.31. The fourth-order valence-electron chi connectivity index (χ4n) is 1.36. The minimum Gasteiger partial charge on any atom is -0.480 e. The van der Waals surface area contributed by atoms with E-state index >= 15 is 0 Å². The predicted octanol–water partition coefficient (Wildman–Crippen LogP) is -0.181. The Morgan fingerprint density at radius 3 is 2.40 bits per heavy atom. The molecule has 0 fully saturated rings. The van der Waals surface area contributed by atoms with Crippen molar-refractivity contribution in [2.24, 2.45) is 5.73 Å². The average molecular weight is 289 g/mol. The van der Waals surface area contributed by atoms with Crippen molar-refractivity contribution in [2.45, 2.75) is 45.3 Å². The van der Waals surface area contributed by atoms with Gasteiger partial charge in [-0.25, -0.2) is 9.59 Å². The molecule has 5 N–H and O–H groups in total. The zero-order valence-electron chi connectivity index (χ0n) is 11.8. The Bertz CT molecular complexity index is 333. The average Bonchev–Trinajstić information content (AvgIpc) is 2.31. The number of carbonyl (C=O) groups excluding carboxylic acids is 2. The number of amides is 3. The second kappa shape index (κ2) is 10.0. The molecule has 8 nitrogen and oxygen atoms in total. The lowest BCUT2D eigenvalue weighted by Crippen LogP contribution is -2.47. The van der Waals surface area contributed by atoms with Crippen molar-refractivity contribution in [1.29, 1.82) is 0 Å². The van der Waals surface area contributed by atoms with E-state index < -0.39 is 30.4 Å². The Labute approximate surface area is 118 Å². The molecule has 8 heteroatoms. The number of rotatable bonds is 10. The van der Waals surface area contributed by atoms with Crippen LogP contribution < -0.4 is 16.4 Å². The molecule has 3 amide bonds. The maximum atomic E-state index is 11.4. The normalized spacial score (nSPS) is 11.9. The Hall–Kier alpha value is -1.83. The van der Waals surface area contributed by atoms with E-state index in [0.29, 0.717) is 19.6 Å². The molecule has 116 valence electrons. The highest BCUT2D eigenvalue weighted by Crippen LogP contribution is 1.94. The van der Waals surface area contributed by atoms with Gasteiger partial charge in [-0.3, -0.25) is 4.79 Å². The molecule has 0 aliphatic heterocycles. The minimum absolute atomic E-state index is 0.177. The van der Waals surface area contributed by atoms with Gasteiger partial charge >= 0.3 is 12.0 Å². The number of unbranched alkanes of at least 4 members (excludes halogenated alkanes) is 1. The van der Waals surface area contributed by atoms with Crippen LogP contribution in [0.25, 0.3) is 0 Å². The number of carboxylic acids is 1. The van der Waals surface area contributed by atoms with Gasteiger partial charge in [-0.05, 0) is 26.7 Å². The van der Waals surface area contributed by atoms with Gasteiger partial charge < -0.3 is 26.2 Å². The van der Waals surface area contributed by atoms with Crippen LogP contribution in [-0.2, 0) is 14.3 Å². The Balaban J connectivity index is 3.80. The topological polar surface area (TPSA) is 131 Å². The molecule has 0 heterocycles. The number of primary amides is 1. The number of carbonyl (C=O) groups is 3. The molecule has 0 aromatic rings. The summed E-state index contributed by atoms with van der Waals surface area (Å²) in [5.41, 5.74) is 4.90. The van der Waals surface area contributed by atoms with Gasteiger partial charge in [0.2, 0.25) is 5.91 Å². The molecule has 0 saturated carbocycles. The van der Waals surface area contributed by atoms with Crippen LogP contribution in [0.2, 0.25) is 0 Å². The van der Waals surface area contributed by atoms with Gasteiger partial charge in [-0.1, -0.05) is 0 Å². The maximum Gasteiger partial charge on any atom is 0.326 e. The van der Waals surface area contributed by atoms with Crippen molar-refractivity contribution in [3.63, 3.8) is 0 Å². The largest absolute Gasteiger partial charge is 0.480 e. The van der Waals surface area contributed by atoms with E-state index in [-0.39, 0.29) is 6.10 Å². The van der Waals surface area contributed by atoms with Crippen LogP contribution in [0.1, 0.15) is 33.1 Å². The molecule has 0 saturated heterocycles. The Morgan fingerprint density at radius 2 is 1.90 bits per heavy atom. The van der Waals surface area contributed by atoms with Gasteiger partial charge in [0.1, 0.15) is 6.04 Å². The van der Waals surface area contributed by atoms with Crippen LogP contribution in [0.5, 0.6) is 0 Å². The highest BCUT2D eigenvalue weighted by atomic mass is 16.5. The first kappa shape index (κ1) is 18.2. The van der Waals surface area contributed by atoms with E-state index in [9.17, 15) is 14.4 Å². The van der Waals surface area contributed by atoms with Crippen LogP contribution in [0.4, 0.5) is 4.79 Å². The summed E-state index contributed by atoms with van der Waals surface area (Å²) in [5, 5.41) is 13.5. The molecular formula is C12H23N3O5. The molecule has 20 heavy (non-hydrogen) atoms. The highest BCUT2D eigenvalue weighted by Gasteiger charge is 2.21. The summed E-state index contributed by atoms with van der Waals surface area (Å²) >= 11 is 0. The smallest absolute Gasteiger partial charge is 0.326 e. The lowest BCUT2D eigenvalue weighted by atomic mass is 10.2. The summed E-state index contributed by atoms with van der Waals surface area (Å²) in [6.45, 7) is 4.89. The van der Waals surface area contributed by atoms with Crippen LogP contribution in [0, 0.1) is 0 Å². The van der Waals surface area contributed by atoms with E-state index in [1.165, 1.54) is 0 Å². The van der Waals surface area contributed by atoms with Gasteiger partial charge in [0.15, 0.2) is 0 Å². The predicted molar refractivity (Wildman–Crippen MR) is 72.1 cm³/mol. The summed E-state index contributed by atoms with van der Waals surface area (Å²) in [7, 11) is 0. The van der Waals surface area contributed by atoms with E-state index in [1.54, 1.807) is 0 Å². The molecule has 0 aromatic heterocycles. The third-order valence-electron chi connectivity index (χ3n) is 2.32. The summed E-state index contributed by atoms with van der Waals surface area (Å²) in [6.07, 6.45) is 1.25. The number of carboxylic acid groups (broad SMARTS) is 1. The van der Waals surface area contributed by atoms with E-state index in [2.05, 4.69) is 10.6 Å². The molecule has 0 radical (unpaired) electrons. The SMILES string of the molecule is CC(C)OCCCCNC(=O)NC(CC(N)=O)C(=O)O. The fourth-order valence-corrected chi connectivity index (χ4v) is 1.36. The number of nitrogens with two attached hydrogens (primary N) is 1.